The summed E-state index contributed by atoms with van der Waals surface area (Å²) in [6, 6.07) is 11.8. The number of nitrogens with zero attached hydrogens (tertiary/aromatic N) is 1. The summed E-state index contributed by atoms with van der Waals surface area (Å²) in [7, 11) is 2.01. The molecule has 37 heavy (non-hydrogen) atoms. The average molecular weight is 529 g/mol. The van der Waals surface area contributed by atoms with Crippen molar-refractivity contribution in [3.63, 3.8) is 0 Å². The smallest absolute Gasteiger partial charge is 0.236 e. The van der Waals surface area contributed by atoms with Gasteiger partial charge in [-0.25, -0.2) is 8.42 Å². The van der Waals surface area contributed by atoms with Crippen LogP contribution in [-0.2, 0) is 20.6 Å². The van der Waals surface area contributed by atoms with Gasteiger partial charge in [0.15, 0.2) is 12.4 Å². The van der Waals surface area contributed by atoms with E-state index in [0.717, 1.165) is 0 Å². The molecule has 0 bridgehead atoms. The molecular formula is C26H28N2O8S. The fraction of sp³-hybridized carbons (Fsp3) is 0.231. The van der Waals surface area contributed by atoms with Crippen LogP contribution in [-0.4, -0.2) is 42.8 Å². The van der Waals surface area contributed by atoms with Gasteiger partial charge in [0.25, 0.3) is 0 Å². The van der Waals surface area contributed by atoms with Gasteiger partial charge >= 0.3 is 0 Å². The van der Waals surface area contributed by atoms with Crippen LogP contribution < -0.4 is 33.3 Å². The summed E-state index contributed by atoms with van der Waals surface area (Å²) in [6.45, 7) is 0. The van der Waals surface area contributed by atoms with Crippen LogP contribution in [0.5, 0.6) is 23.0 Å². The zero-order chi connectivity index (χ0) is 27.0. The van der Waals surface area contributed by atoms with Gasteiger partial charge in [0, 0.05) is 30.5 Å². The Kier molecular flexibility index (Phi) is 8.96. The normalized spacial score (nSPS) is 12.1. The van der Waals surface area contributed by atoms with Gasteiger partial charge in [-0.2, -0.15) is 4.57 Å². The first-order valence-corrected chi connectivity index (χ1v) is 12.7. The fourth-order valence-electron chi connectivity index (χ4n) is 3.76. The van der Waals surface area contributed by atoms with Crippen molar-refractivity contribution in [3.8, 4) is 23.0 Å². The van der Waals surface area contributed by atoms with Crippen LogP contribution in [0.1, 0.15) is 22.7 Å². The fourth-order valence-corrected chi connectivity index (χ4v) is 4.74. The number of carbonyl (C=O) groups excluding carboxylic acids is 1. The molecule has 3 aromatic rings. The molecule has 1 aromatic heterocycles. The third kappa shape index (κ3) is 6.70. The summed E-state index contributed by atoms with van der Waals surface area (Å²) in [5.41, 5.74) is 1.13. The number of methoxy groups -OCH3 is 4. The molecule has 1 N–H and O–H groups in total. The second-order valence-corrected chi connectivity index (χ2v) is 9.53. The number of benzene rings is 2. The number of sulfonamides is 1. The molecule has 0 saturated heterocycles. The van der Waals surface area contributed by atoms with E-state index in [2.05, 4.69) is 4.72 Å². The number of hydrogen-bond donors (Lipinski definition) is 1. The molecule has 11 heteroatoms. The molecule has 0 radical (unpaired) electrons. The quantitative estimate of drug-likeness (QED) is 0.350. The minimum absolute atomic E-state index is 0.259. The first kappa shape index (κ1) is 27.3. The summed E-state index contributed by atoms with van der Waals surface area (Å²) in [5.74, 6) is -0.109. The van der Waals surface area contributed by atoms with E-state index in [-0.39, 0.29) is 5.56 Å². The summed E-state index contributed by atoms with van der Waals surface area (Å²) in [6.07, 6.45) is 5.93. The van der Waals surface area contributed by atoms with Gasteiger partial charge in [-0.05, 0) is 23.8 Å². The SMILES string of the molecule is COc1cc(OC)c(/C=C/NS(=O)(=O)Cc2ccc(OC)c(C(C(=O)[O-])[n+]3ccccc3)c2)c(OC)c1. The van der Waals surface area contributed by atoms with Crippen molar-refractivity contribution in [2.24, 2.45) is 0 Å². The van der Waals surface area contributed by atoms with Crippen molar-refractivity contribution < 1.29 is 41.8 Å². The number of carbonyl (C=O) groups is 1. The van der Waals surface area contributed by atoms with Gasteiger partial charge in [0.1, 0.15) is 29.0 Å². The predicted molar refractivity (Wildman–Crippen MR) is 134 cm³/mol. The van der Waals surface area contributed by atoms with E-state index in [0.29, 0.717) is 34.1 Å². The summed E-state index contributed by atoms with van der Waals surface area (Å²) in [4.78, 5) is 12.0. The van der Waals surface area contributed by atoms with Crippen LogP contribution in [0.15, 0.2) is 67.1 Å². The molecular weight excluding hydrogens is 500 g/mol. The highest BCUT2D eigenvalue weighted by atomic mass is 32.2. The average Bonchev–Trinajstić information content (AvgIpc) is 2.89. The lowest BCUT2D eigenvalue weighted by atomic mass is 10.0. The van der Waals surface area contributed by atoms with Crippen LogP contribution in [0.25, 0.3) is 6.08 Å². The van der Waals surface area contributed by atoms with Gasteiger partial charge in [-0.1, -0.05) is 12.1 Å². The number of ether oxygens (including phenoxy) is 4. The van der Waals surface area contributed by atoms with Gasteiger partial charge in [0.05, 0.1) is 45.3 Å². The summed E-state index contributed by atoms with van der Waals surface area (Å²) < 4.78 is 50.8. The van der Waals surface area contributed by atoms with E-state index in [1.54, 1.807) is 48.8 Å². The number of nitrogens with one attached hydrogen (secondary N) is 1. The van der Waals surface area contributed by atoms with Crippen molar-refractivity contribution >= 4 is 22.1 Å². The zero-order valence-corrected chi connectivity index (χ0v) is 21.7. The molecule has 1 unspecified atom stereocenters. The maximum absolute atomic E-state index is 12.8. The molecule has 196 valence electrons. The van der Waals surface area contributed by atoms with Crippen LogP contribution in [0, 0.1) is 0 Å². The third-order valence-corrected chi connectivity index (χ3v) is 6.66. The minimum atomic E-state index is -3.86. The standard InChI is InChI=1S/C26H28N2O8S/c1-33-19-15-23(35-3)20(24(16-19)36-4)10-11-27-37(31,32)17-18-8-9-22(34-2)21(14-18)25(26(29)30)28-12-6-5-7-13-28/h5-16,25,27H,17H2,1-4H3/b11-10+. The van der Waals surface area contributed by atoms with E-state index in [4.69, 9.17) is 18.9 Å². The number of aliphatic carboxylic acids is 1. The number of pyridine rings is 1. The monoisotopic (exact) mass is 528 g/mol. The molecule has 0 spiro atoms. The number of rotatable bonds is 12. The largest absolute Gasteiger partial charge is 0.543 e. The highest BCUT2D eigenvalue weighted by Gasteiger charge is 2.27. The van der Waals surface area contributed by atoms with Crippen LogP contribution in [0.4, 0.5) is 0 Å². The first-order chi connectivity index (χ1) is 17.7. The Balaban J connectivity index is 1.87. The van der Waals surface area contributed by atoms with Crippen LogP contribution in [0.2, 0.25) is 0 Å². The van der Waals surface area contributed by atoms with Crippen molar-refractivity contribution in [3.05, 3.63) is 83.8 Å². The summed E-state index contributed by atoms with van der Waals surface area (Å²) >= 11 is 0. The van der Waals surface area contributed by atoms with E-state index >= 15 is 0 Å². The lowest BCUT2D eigenvalue weighted by molar-refractivity contribution is -0.707. The van der Waals surface area contributed by atoms with E-state index in [1.165, 1.54) is 57.4 Å². The maximum Gasteiger partial charge on any atom is 0.236 e. The Morgan fingerprint density at radius 2 is 1.57 bits per heavy atom. The number of hydrogen-bond acceptors (Lipinski definition) is 8. The lowest BCUT2D eigenvalue weighted by Crippen LogP contribution is -2.49. The molecule has 1 atom stereocenters. The highest BCUT2D eigenvalue weighted by molar-refractivity contribution is 7.88. The molecule has 0 aliphatic rings. The second-order valence-electron chi connectivity index (χ2n) is 7.78. The number of aromatic nitrogens is 1. The van der Waals surface area contributed by atoms with Crippen LogP contribution >= 0.6 is 0 Å². The molecule has 0 amide bonds. The van der Waals surface area contributed by atoms with E-state index in [9.17, 15) is 18.3 Å². The molecule has 10 nitrogen and oxygen atoms in total. The van der Waals surface area contributed by atoms with Gasteiger partial charge < -0.3 is 28.8 Å². The predicted octanol–water partition coefficient (Wildman–Crippen LogP) is 1.44. The molecule has 0 aliphatic heterocycles. The Hall–Kier alpha value is -4.25. The van der Waals surface area contributed by atoms with Gasteiger partial charge in [-0.15, -0.1) is 0 Å². The van der Waals surface area contributed by atoms with E-state index in [1.807, 2.05) is 0 Å². The Bertz CT molecular complexity index is 1350. The first-order valence-electron chi connectivity index (χ1n) is 11.0. The molecule has 0 fully saturated rings. The Morgan fingerprint density at radius 3 is 2.11 bits per heavy atom. The van der Waals surface area contributed by atoms with Gasteiger partial charge in [-0.3, -0.25) is 4.72 Å². The van der Waals surface area contributed by atoms with Crippen LogP contribution in [0.3, 0.4) is 0 Å². The lowest BCUT2D eigenvalue weighted by Gasteiger charge is -2.18. The topological polar surface area (TPSA) is 127 Å². The Morgan fingerprint density at radius 1 is 0.946 bits per heavy atom. The number of carboxylic acids is 1. The van der Waals surface area contributed by atoms with Crippen molar-refractivity contribution in [2.45, 2.75) is 11.8 Å². The molecule has 0 saturated carbocycles. The van der Waals surface area contributed by atoms with Crippen molar-refractivity contribution in [1.82, 2.24) is 4.72 Å². The van der Waals surface area contributed by atoms with E-state index < -0.39 is 27.8 Å². The highest BCUT2D eigenvalue weighted by Crippen LogP contribution is 2.35. The van der Waals surface area contributed by atoms with Crippen molar-refractivity contribution in [1.29, 1.82) is 0 Å². The number of carboxylic acid groups (broad SMARTS) is 1. The van der Waals surface area contributed by atoms with Crippen molar-refractivity contribution in [2.75, 3.05) is 28.4 Å². The molecule has 0 aliphatic carbocycles. The molecule has 3 rings (SSSR count). The van der Waals surface area contributed by atoms with Gasteiger partial charge in [0.2, 0.25) is 16.1 Å². The Labute approximate surface area is 215 Å². The summed E-state index contributed by atoms with van der Waals surface area (Å²) in [5, 5.41) is 12.0. The second kappa shape index (κ2) is 12.1. The molecule has 2 aromatic carbocycles. The minimum Gasteiger partial charge on any atom is -0.543 e. The molecule has 1 heterocycles. The third-order valence-electron chi connectivity index (χ3n) is 5.46. The zero-order valence-electron chi connectivity index (χ0n) is 20.8. The maximum atomic E-state index is 12.8.